The molecule has 0 aromatic carbocycles. The molecule has 2 unspecified atom stereocenters. The van der Waals surface area contributed by atoms with E-state index < -0.39 is 0 Å². The van der Waals surface area contributed by atoms with Crippen LogP contribution < -0.4 is 10.6 Å². The van der Waals surface area contributed by atoms with Crippen LogP contribution in [-0.4, -0.2) is 18.6 Å². The van der Waals surface area contributed by atoms with Crippen molar-refractivity contribution in [1.29, 1.82) is 0 Å². The van der Waals surface area contributed by atoms with Crippen LogP contribution in [0.5, 0.6) is 0 Å². The van der Waals surface area contributed by atoms with Crippen molar-refractivity contribution >= 4 is 6.03 Å². The van der Waals surface area contributed by atoms with Crippen LogP contribution in [0.15, 0.2) is 0 Å². The van der Waals surface area contributed by atoms with E-state index in [0.29, 0.717) is 12.0 Å². The maximum Gasteiger partial charge on any atom is 0.315 e. The van der Waals surface area contributed by atoms with Crippen molar-refractivity contribution in [3.05, 3.63) is 0 Å². The Bertz CT molecular complexity index is 170. The highest BCUT2D eigenvalue weighted by molar-refractivity contribution is 5.74. The lowest BCUT2D eigenvalue weighted by Crippen LogP contribution is -2.43. The van der Waals surface area contributed by atoms with Gasteiger partial charge in [0.25, 0.3) is 0 Å². The number of hydrogen-bond acceptors (Lipinski definition) is 1. The Morgan fingerprint density at radius 2 is 2.23 bits per heavy atom. The quantitative estimate of drug-likeness (QED) is 0.691. The summed E-state index contributed by atoms with van der Waals surface area (Å²) in [5.41, 5.74) is 0. The Labute approximate surface area is 80.3 Å². The molecule has 0 aromatic heterocycles. The molecule has 0 saturated heterocycles. The van der Waals surface area contributed by atoms with Gasteiger partial charge in [0.2, 0.25) is 0 Å². The average molecular weight is 184 g/mol. The van der Waals surface area contributed by atoms with Gasteiger partial charge in [0.05, 0.1) is 0 Å². The van der Waals surface area contributed by atoms with Gasteiger partial charge < -0.3 is 10.6 Å². The first-order valence-corrected chi connectivity index (χ1v) is 5.28. The maximum atomic E-state index is 11.3. The summed E-state index contributed by atoms with van der Waals surface area (Å²) < 4.78 is 0. The van der Waals surface area contributed by atoms with E-state index in [9.17, 15) is 4.79 Å². The fraction of sp³-hybridized carbons (Fsp3) is 0.900. The zero-order valence-corrected chi connectivity index (χ0v) is 8.60. The molecule has 2 atom stereocenters. The zero-order chi connectivity index (χ0) is 9.68. The Balaban J connectivity index is 2.19. The molecule has 13 heavy (non-hydrogen) atoms. The van der Waals surface area contributed by atoms with E-state index in [1.165, 1.54) is 12.8 Å². The van der Waals surface area contributed by atoms with Gasteiger partial charge in [-0.25, -0.2) is 4.79 Å². The summed E-state index contributed by atoms with van der Waals surface area (Å²) in [4.78, 5) is 11.3. The zero-order valence-electron chi connectivity index (χ0n) is 8.60. The molecule has 1 aliphatic rings. The number of carbonyl (C=O) groups excluding carboxylic acids is 1. The minimum Gasteiger partial charge on any atom is -0.338 e. The predicted octanol–water partition coefficient (Wildman–Crippen LogP) is 1.88. The van der Waals surface area contributed by atoms with E-state index >= 15 is 0 Å². The summed E-state index contributed by atoms with van der Waals surface area (Å²) in [6.45, 7) is 5.03. The summed E-state index contributed by atoms with van der Waals surface area (Å²) in [5, 5.41) is 5.84. The first kappa shape index (κ1) is 10.4. The highest BCUT2D eigenvalue weighted by Gasteiger charge is 2.24. The van der Waals surface area contributed by atoms with Crippen molar-refractivity contribution in [3.63, 3.8) is 0 Å². The van der Waals surface area contributed by atoms with Crippen molar-refractivity contribution in [3.8, 4) is 0 Å². The third kappa shape index (κ3) is 3.25. The number of nitrogens with one attached hydrogen (secondary N) is 2. The minimum atomic E-state index is 0.000556. The number of hydrogen-bond donors (Lipinski definition) is 2. The fourth-order valence-corrected chi connectivity index (χ4v) is 1.82. The average Bonchev–Trinajstić information content (AvgIpc) is 2.48. The van der Waals surface area contributed by atoms with Gasteiger partial charge in [-0.2, -0.15) is 0 Å². The van der Waals surface area contributed by atoms with E-state index in [0.717, 1.165) is 19.4 Å². The number of carbonyl (C=O) groups is 1. The van der Waals surface area contributed by atoms with Gasteiger partial charge in [-0.3, -0.25) is 0 Å². The molecule has 76 valence electrons. The first-order valence-electron chi connectivity index (χ1n) is 5.28. The van der Waals surface area contributed by atoms with Crippen molar-refractivity contribution in [2.45, 2.75) is 45.6 Å². The summed E-state index contributed by atoms with van der Waals surface area (Å²) in [7, 11) is 0. The highest BCUT2D eigenvalue weighted by Crippen LogP contribution is 2.24. The molecule has 2 amide bonds. The lowest BCUT2D eigenvalue weighted by Gasteiger charge is -2.17. The van der Waals surface area contributed by atoms with Crippen LogP contribution in [0.25, 0.3) is 0 Å². The van der Waals surface area contributed by atoms with Crippen LogP contribution in [0.4, 0.5) is 4.79 Å². The molecule has 1 rings (SSSR count). The predicted molar refractivity (Wildman–Crippen MR) is 53.6 cm³/mol. The second-order valence-corrected chi connectivity index (χ2v) is 3.91. The maximum absolute atomic E-state index is 11.3. The molecule has 0 heterocycles. The molecule has 0 bridgehead atoms. The molecule has 0 aromatic rings. The molecule has 0 radical (unpaired) electrons. The topological polar surface area (TPSA) is 41.1 Å². The molecule has 0 spiro atoms. The summed E-state index contributed by atoms with van der Waals surface area (Å²) in [6.07, 6.45) is 4.63. The normalized spacial score (nSPS) is 27.2. The Morgan fingerprint density at radius 1 is 1.46 bits per heavy atom. The van der Waals surface area contributed by atoms with Gasteiger partial charge >= 0.3 is 6.03 Å². The standard InChI is InChI=1S/C10H20N2O/c1-3-7-11-10(13)12-9-6-4-5-8(9)2/h8-9H,3-7H2,1-2H3,(H2,11,12,13). The highest BCUT2D eigenvalue weighted by atomic mass is 16.2. The number of urea groups is 1. The molecule has 3 nitrogen and oxygen atoms in total. The Morgan fingerprint density at radius 3 is 2.77 bits per heavy atom. The Hall–Kier alpha value is -0.730. The lowest BCUT2D eigenvalue weighted by molar-refractivity contribution is 0.234. The third-order valence-corrected chi connectivity index (χ3v) is 2.71. The van der Waals surface area contributed by atoms with Crippen molar-refractivity contribution in [2.24, 2.45) is 5.92 Å². The van der Waals surface area contributed by atoms with E-state index in [-0.39, 0.29) is 6.03 Å². The van der Waals surface area contributed by atoms with E-state index in [1.54, 1.807) is 0 Å². The van der Waals surface area contributed by atoms with Crippen molar-refractivity contribution in [2.75, 3.05) is 6.54 Å². The molecule has 1 fully saturated rings. The molecule has 0 aliphatic heterocycles. The van der Waals surface area contributed by atoms with Crippen molar-refractivity contribution in [1.82, 2.24) is 10.6 Å². The molecule has 1 saturated carbocycles. The summed E-state index contributed by atoms with van der Waals surface area (Å²) in [5.74, 6) is 0.646. The summed E-state index contributed by atoms with van der Waals surface area (Å²) >= 11 is 0. The van der Waals surface area contributed by atoms with Gasteiger partial charge in [-0.05, 0) is 25.2 Å². The van der Waals surface area contributed by atoms with Gasteiger partial charge in [-0.15, -0.1) is 0 Å². The minimum absolute atomic E-state index is 0.000556. The number of amides is 2. The summed E-state index contributed by atoms with van der Waals surface area (Å²) in [6, 6.07) is 0.400. The van der Waals surface area contributed by atoms with Crippen LogP contribution in [0, 0.1) is 5.92 Å². The second kappa shape index (κ2) is 5.10. The third-order valence-electron chi connectivity index (χ3n) is 2.71. The monoisotopic (exact) mass is 184 g/mol. The van der Waals surface area contributed by atoms with E-state index in [4.69, 9.17) is 0 Å². The van der Waals surface area contributed by atoms with E-state index in [2.05, 4.69) is 24.5 Å². The van der Waals surface area contributed by atoms with Crippen LogP contribution >= 0.6 is 0 Å². The first-order chi connectivity index (χ1) is 6.24. The number of rotatable bonds is 3. The molecule has 2 N–H and O–H groups in total. The Kier molecular flexibility index (Phi) is 4.06. The fourth-order valence-electron chi connectivity index (χ4n) is 1.82. The smallest absolute Gasteiger partial charge is 0.315 e. The van der Waals surface area contributed by atoms with Crippen molar-refractivity contribution < 1.29 is 4.79 Å². The van der Waals surface area contributed by atoms with Crippen LogP contribution in [-0.2, 0) is 0 Å². The van der Waals surface area contributed by atoms with Crippen LogP contribution in [0.2, 0.25) is 0 Å². The van der Waals surface area contributed by atoms with Crippen LogP contribution in [0.1, 0.15) is 39.5 Å². The largest absolute Gasteiger partial charge is 0.338 e. The van der Waals surface area contributed by atoms with Gasteiger partial charge in [0.15, 0.2) is 0 Å². The molecular weight excluding hydrogens is 164 g/mol. The van der Waals surface area contributed by atoms with Gasteiger partial charge in [-0.1, -0.05) is 20.3 Å². The van der Waals surface area contributed by atoms with Crippen LogP contribution in [0.3, 0.4) is 0 Å². The molecule has 1 aliphatic carbocycles. The SMILES string of the molecule is CCCNC(=O)NC1CCCC1C. The molecule has 3 heteroatoms. The van der Waals surface area contributed by atoms with Gasteiger partial charge in [0, 0.05) is 12.6 Å². The van der Waals surface area contributed by atoms with Gasteiger partial charge in [0.1, 0.15) is 0 Å². The van der Waals surface area contributed by atoms with E-state index in [1.807, 2.05) is 0 Å². The molecular formula is C10H20N2O. The lowest BCUT2D eigenvalue weighted by atomic mass is 10.1. The second-order valence-electron chi connectivity index (χ2n) is 3.91.